The topological polar surface area (TPSA) is 72.6 Å². The van der Waals surface area contributed by atoms with Gasteiger partial charge in [0, 0.05) is 7.11 Å². The van der Waals surface area contributed by atoms with Crippen molar-refractivity contribution in [3.05, 3.63) is 35.4 Å². The average Bonchev–Trinajstić information content (AvgIpc) is 2.36. The summed E-state index contributed by atoms with van der Waals surface area (Å²) in [6.45, 7) is -0.539. The molecule has 2 N–H and O–H groups in total. The predicted molar refractivity (Wildman–Crippen MR) is 79.4 cm³/mol. The van der Waals surface area contributed by atoms with Crippen molar-refractivity contribution >= 4 is 27.2 Å². The summed E-state index contributed by atoms with van der Waals surface area (Å²) in [4.78, 5) is -0.0651. The van der Waals surface area contributed by atoms with Crippen LogP contribution < -0.4 is 5.73 Å². The maximum absolute atomic E-state index is 12.6. The van der Waals surface area contributed by atoms with E-state index in [4.69, 9.17) is 10.5 Å². The van der Waals surface area contributed by atoms with E-state index in [2.05, 4.69) is 12.2 Å². The Morgan fingerprint density at radius 3 is 2.55 bits per heavy atom. The van der Waals surface area contributed by atoms with Crippen LogP contribution in [0.5, 0.6) is 0 Å². The van der Waals surface area contributed by atoms with Crippen LogP contribution in [0.4, 0.5) is 13.2 Å². The standard InChI is InChI=1S/C12H15F3N2O3S2/c1-20-8-17(6-11(16)21)22(18,19)7-9-3-2-4-10(5-9)12(13,14)15/h2-5H,6-8H2,1H3,(H2,16,21). The quantitative estimate of drug-likeness (QED) is 0.595. The molecule has 124 valence electrons. The fraction of sp³-hybridized carbons (Fsp3) is 0.417. The Kier molecular flexibility index (Phi) is 6.29. The highest BCUT2D eigenvalue weighted by Gasteiger charge is 2.31. The van der Waals surface area contributed by atoms with E-state index in [9.17, 15) is 21.6 Å². The second kappa shape index (κ2) is 7.36. The van der Waals surface area contributed by atoms with Gasteiger partial charge in [-0.3, -0.25) is 0 Å². The summed E-state index contributed by atoms with van der Waals surface area (Å²) in [7, 11) is -2.64. The van der Waals surface area contributed by atoms with Gasteiger partial charge in [-0.05, 0) is 11.6 Å². The van der Waals surface area contributed by atoms with Gasteiger partial charge >= 0.3 is 6.18 Å². The van der Waals surface area contributed by atoms with Crippen molar-refractivity contribution in [3.8, 4) is 0 Å². The smallest absolute Gasteiger partial charge is 0.392 e. The zero-order chi connectivity index (χ0) is 17.0. The lowest BCUT2D eigenvalue weighted by Crippen LogP contribution is -2.39. The van der Waals surface area contributed by atoms with E-state index in [0.29, 0.717) is 0 Å². The van der Waals surface area contributed by atoms with E-state index < -0.39 is 27.5 Å². The molecule has 0 aliphatic carbocycles. The van der Waals surface area contributed by atoms with Gasteiger partial charge in [0.05, 0.1) is 22.8 Å². The molecule has 0 aliphatic heterocycles. The number of nitrogens with two attached hydrogens (primary N) is 1. The Bertz CT molecular complexity index is 633. The zero-order valence-electron chi connectivity index (χ0n) is 11.6. The highest BCUT2D eigenvalue weighted by molar-refractivity contribution is 7.88. The third-order valence-corrected chi connectivity index (χ3v) is 4.45. The van der Waals surface area contributed by atoms with Gasteiger partial charge in [0.25, 0.3) is 0 Å². The number of rotatable bonds is 7. The van der Waals surface area contributed by atoms with Gasteiger partial charge in [0.2, 0.25) is 10.0 Å². The summed E-state index contributed by atoms with van der Waals surface area (Å²) in [5.74, 6) is -0.608. The largest absolute Gasteiger partial charge is 0.416 e. The second-order valence-corrected chi connectivity index (χ2v) is 6.94. The van der Waals surface area contributed by atoms with E-state index in [-0.39, 0.29) is 23.8 Å². The van der Waals surface area contributed by atoms with Crippen molar-refractivity contribution in [2.24, 2.45) is 5.73 Å². The molecule has 0 unspecified atom stereocenters. The van der Waals surface area contributed by atoms with Crippen molar-refractivity contribution in [2.45, 2.75) is 11.9 Å². The van der Waals surface area contributed by atoms with Crippen molar-refractivity contribution < 1.29 is 26.3 Å². The first-order valence-corrected chi connectivity index (χ1v) is 7.99. The van der Waals surface area contributed by atoms with Gasteiger partial charge in [-0.2, -0.15) is 17.5 Å². The molecule has 0 heterocycles. The number of sulfonamides is 1. The normalized spacial score (nSPS) is 12.6. The summed E-state index contributed by atoms with van der Waals surface area (Å²) in [6, 6.07) is 4.13. The Morgan fingerprint density at radius 1 is 1.41 bits per heavy atom. The molecule has 0 spiro atoms. The van der Waals surface area contributed by atoms with E-state index in [0.717, 1.165) is 22.5 Å². The molecule has 0 aromatic heterocycles. The predicted octanol–water partition coefficient (Wildman–Crippen LogP) is 1.73. The number of nitrogens with zero attached hydrogens (tertiary/aromatic N) is 1. The number of benzene rings is 1. The Balaban J connectivity index is 3.02. The van der Waals surface area contributed by atoms with E-state index in [1.807, 2.05) is 0 Å². The van der Waals surface area contributed by atoms with E-state index >= 15 is 0 Å². The molecule has 0 fully saturated rings. The lowest BCUT2D eigenvalue weighted by atomic mass is 10.1. The van der Waals surface area contributed by atoms with E-state index in [1.54, 1.807) is 0 Å². The molecular formula is C12H15F3N2O3S2. The van der Waals surface area contributed by atoms with Crippen LogP contribution in [0.3, 0.4) is 0 Å². The van der Waals surface area contributed by atoms with Crippen LogP contribution in [0.25, 0.3) is 0 Å². The van der Waals surface area contributed by atoms with Gasteiger partial charge < -0.3 is 10.5 Å². The zero-order valence-corrected chi connectivity index (χ0v) is 13.3. The average molecular weight is 356 g/mol. The third kappa shape index (κ3) is 5.52. The van der Waals surface area contributed by atoms with Gasteiger partial charge in [-0.15, -0.1) is 0 Å². The van der Waals surface area contributed by atoms with Crippen LogP contribution >= 0.6 is 12.2 Å². The molecule has 0 bridgehead atoms. The summed E-state index contributed by atoms with van der Waals surface area (Å²) >= 11 is 4.66. The summed E-state index contributed by atoms with van der Waals surface area (Å²) in [6.07, 6.45) is -4.54. The van der Waals surface area contributed by atoms with Gasteiger partial charge in [-0.1, -0.05) is 30.4 Å². The van der Waals surface area contributed by atoms with Crippen molar-refractivity contribution in [1.29, 1.82) is 0 Å². The van der Waals surface area contributed by atoms with Crippen LogP contribution in [-0.2, 0) is 26.7 Å². The summed E-state index contributed by atoms with van der Waals surface area (Å²) in [5.41, 5.74) is 4.42. The number of thiocarbonyl (C=S) groups is 1. The molecule has 0 saturated carbocycles. The monoisotopic (exact) mass is 356 g/mol. The van der Waals surface area contributed by atoms with Gasteiger partial charge in [0.15, 0.2) is 0 Å². The molecule has 0 amide bonds. The Hall–Kier alpha value is -1.23. The van der Waals surface area contributed by atoms with Crippen molar-refractivity contribution in [3.63, 3.8) is 0 Å². The highest BCUT2D eigenvalue weighted by atomic mass is 32.2. The maximum Gasteiger partial charge on any atom is 0.416 e. The molecule has 1 aromatic rings. The minimum Gasteiger partial charge on any atom is -0.392 e. The number of ether oxygens (including phenoxy) is 1. The highest BCUT2D eigenvalue weighted by Crippen LogP contribution is 2.30. The Labute approximate surface area is 131 Å². The fourth-order valence-corrected chi connectivity index (χ4v) is 3.30. The molecular weight excluding hydrogens is 341 g/mol. The van der Waals surface area contributed by atoms with Crippen molar-refractivity contribution in [1.82, 2.24) is 4.31 Å². The van der Waals surface area contributed by atoms with Crippen LogP contribution in [0.1, 0.15) is 11.1 Å². The summed E-state index contributed by atoms with van der Waals surface area (Å²) in [5, 5.41) is 0. The SMILES string of the molecule is COCN(CC(N)=S)S(=O)(=O)Cc1cccc(C(F)(F)F)c1. The molecule has 22 heavy (non-hydrogen) atoms. The summed E-state index contributed by atoms with van der Waals surface area (Å²) < 4.78 is 68.0. The molecule has 1 rings (SSSR count). The molecule has 0 atom stereocenters. The third-order valence-electron chi connectivity index (χ3n) is 2.60. The number of methoxy groups -OCH3 is 1. The molecule has 1 aromatic carbocycles. The number of hydrogen-bond donors (Lipinski definition) is 1. The van der Waals surface area contributed by atoms with Crippen LogP contribution in [0.2, 0.25) is 0 Å². The molecule has 0 saturated heterocycles. The first-order valence-electron chi connectivity index (χ1n) is 5.97. The lowest BCUT2D eigenvalue weighted by molar-refractivity contribution is -0.137. The van der Waals surface area contributed by atoms with Crippen LogP contribution in [0, 0.1) is 0 Å². The lowest BCUT2D eigenvalue weighted by Gasteiger charge is -2.20. The first kappa shape index (κ1) is 18.8. The van der Waals surface area contributed by atoms with E-state index in [1.165, 1.54) is 13.2 Å². The fourth-order valence-electron chi connectivity index (χ4n) is 1.68. The minimum absolute atomic E-state index is 0.0128. The van der Waals surface area contributed by atoms with Crippen LogP contribution in [0.15, 0.2) is 24.3 Å². The number of alkyl halides is 3. The van der Waals surface area contributed by atoms with Crippen molar-refractivity contribution in [2.75, 3.05) is 20.4 Å². The number of hydrogen-bond acceptors (Lipinski definition) is 4. The minimum atomic E-state index is -4.54. The number of halogens is 3. The molecule has 5 nitrogen and oxygen atoms in total. The molecule has 10 heteroatoms. The van der Waals surface area contributed by atoms with Crippen LogP contribution in [-0.4, -0.2) is 38.1 Å². The Morgan fingerprint density at radius 2 is 2.05 bits per heavy atom. The molecule has 0 radical (unpaired) electrons. The van der Waals surface area contributed by atoms with Gasteiger partial charge in [-0.25, -0.2) is 8.42 Å². The second-order valence-electron chi connectivity index (χ2n) is 4.45. The maximum atomic E-state index is 12.6. The first-order chi connectivity index (χ1) is 10.1. The molecule has 0 aliphatic rings. The van der Waals surface area contributed by atoms with Gasteiger partial charge in [0.1, 0.15) is 6.73 Å².